The Labute approximate surface area is 127 Å². The van der Waals surface area contributed by atoms with Gasteiger partial charge in [0, 0.05) is 26.2 Å². The summed E-state index contributed by atoms with van der Waals surface area (Å²) in [5.74, 6) is 0.404. The minimum absolute atomic E-state index is 0.305. The quantitative estimate of drug-likeness (QED) is 0.681. The lowest BCUT2D eigenvalue weighted by Gasteiger charge is -2.33. The SMILES string of the molecule is Cc1cc(F)c2nc(N3CCN(C)CC3)c3nncn3c2c1. The van der Waals surface area contributed by atoms with E-state index in [0.29, 0.717) is 22.5 Å². The molecule has 1 aliphatic rings. The van der Waals surface area contributed by atoms with Crippen molar-refractivity contribution in [3.8, 4) is 0 Å². The van der Waals surface area contributed by atoms with Crippen LogP contribution in [0.4, 0.5) is 10.2 Å². The molecular formula is C15H17FN6. The molecule has 0 atom stereocenters. The summed E-state index contributed by atoms with van der Waals surface area (Å²) < 4.78 is 16.2. The van der Waals surface area contributed by atoms with Crippen LogP contribution in [0.25, 0.3) is 16.7 Å². The predicted molar refractivity (Wildman–Crippen MR) is 82.7 cm³/mol. The molecule has 1 aliphatic heterocycles. The minimum Gasteiger partial charge on any atom is -0.351 e. The van der Waals surface area contributed by atoms with Crippen LogP contribution in [0.2, 0.25) is 0 Å². The number of halogens is 1. The van der Waals surface area contributed by atoms with Gasteiger partial charge in [-0.1, -0.05) is 0 Å². The highest BCUT2D eigenvalue weighted by atomic mass is 19.1. The molecule has 4 rings (SSSR count). The van der Waals surface area contributed by atoms with Crippen molar-refractivity contribution in [3.63, 3.8) is 0 Å². The molecule has 3 heterocycles. The summed E-state index contributed by atoms with van der Waals surface area (Å²) in [6.45, 7) is 5.48. The minimum atomic E-state index is -0.305. The van der Waals surface area contributed by atoms with Gasteiger partial charge in [0.15, 0.2) is 11.6 Å². The maximum absolute atomic E-state index is 14.3. The van der Waals surface area contributed by atoms with E-state index in [1.807, 2.05) is 17.4 Å². The summed E-state index contributed by atoms with van der Waals surface area (Å²) in [7, 11) is 2.10. The van der Waals surface area contributed by atoms with Crippen LogP contribution < -0.4 is 4.90 Å². The van der Waals surface area contributed by atoms with Gasteiger partial charge in [0.2, 0.25) is 5.65 Å². The van der Waals surface area contributed by atoms with Gasteiger partial charge in [0.25, 0.3) is 0 Å². The number of rotatable bonds is 1. The van der Waals surface area contributed by atoms with Gasteiger partial charge in [-0.25, -0.2) is 9.37 Å². The predicted octanol–water partition coefficient (Wildman–Crippen LogP) is 1.48. The zero-order chi connectivity index (χ0) is 15.3. The van der Waals surface area contributed by atoms with E-state index in [4.69, 9.17) is 0 Å². The number of benzene rings is 1. The molecule has 0 spiro atoms. The fraction of sp³-hybridized carbons (Fsp3) is 0.400. The number of fused-ring (bicyclic) bond motifs is 3. The molecule has 1 saturated heterocycles. The largest absolute Gasteiger partial charge is 0.351 e. The van der Waals surface area contributed by atoms with Gasteiger partial charge in [0.05, 0.1) is 5.52 Å². The first-order valence-electron chi connectivity index (χ1n) is 7.36. The van der Waals surface area contributed by atoms with E-state index < -0.39 is 0 Å². The monoisotopic (exact) mass is 300 g/mol. The summed E-state index contributed by atoms with van der Waals surface area (Å²) in [5.41, 5.74) is 2.61. The van der Waals surface area contributed by atoms with Crippen molar-refractivity contribution in [1.29, 1.82) is 0 Å². The van der Waals surface area contributed by atoms with Crippen molar-refractivity contribution < 1.29 is 4.39 Å². The van der Waals surface area contributed by atoms with E-state index in [0.717, 1.165) is 31.7 Å². The van der Waals surface area contributed by atoms with E-state index in [1.165, 1.54) is 6.07 Å². The lowest BCUT2D eigenvalue weighted by molar-refractivity contribution is 0.312. The lowest BCUT2D eigenvalue weighted by atomic mass is 10.2. The van der Waals surface area contributed by atoms with Crippen LogP contribution in [0, 0.1) is 12.7 Å². The molecule has 0 aliphatic carbocycles. The first-order chi connectivity index (χ1) is 10.6. The van der Waals surface area contributed by atoms with Crippen molar-refractivity contribution in [1.82, 2.24) is 24.5 Å². The van der Waals surface area contributed by atoms with Gasteiger partial charge in [-0.2, -0.15) is 0 Å². The number of aromatic nitrogens is 4. The molecule has 0 radical (unpaired) electrons. The average molecular weight is 300 g/mol. The Morgan fingerprint density at radius 3 is 2.68 bits per heavy atom. The van der Waals surface area contributed by atoms with Crippen molar-refractivity contribution in [2.75, 3.05) is 38.1 Å². The maximum Gasteiger partial charge on any atom is 0.204 e. The third kappa shape index (κ3) is 2.00. The zero-order valence-electron chi connectivity index (χ0n) is 12.6. The maximum atomic E-state index is 14.3. The Morgan fingerprint density at radius 1 is 1.14 bits per heavy atom. The Balaban J connectivity index is 1.95. The van der Waals surface area contributed by atoms with Crippen molar-refractivity contribution >= 4 is 22.5 Å². The molecule has 22 heavy (non-hydrogen) atoms. The second-order valence-electron chi connectivity index (χ2n) is 5.86. The highest BCUT2D eigenvalue weighted by Crippen LogP contribution is 2.26. The van der Waals surface area contributed by atoms with Crippen LogP contribution in [-0.2, 0) is 0 Å². The van der Waals surface area contributed by atoms with E-state index in [2.05, 4.69) is 32.0 Å². The van der Waals surface area contributed by atoms with E-state index >= 15 is 0 Å². The second kappa shape index (κ2) is 4.88. The van der Waals surface area contributed by atoms with E-state index in [9.17, 15) is 4.39 Å². The van der Waals surface area contributed by atoms with Crippen molar-refractivity contribution in [3.05, 3.63) is 29.8 Å². The Hall–Kier alpha value is -2.28. The molecule has 114 valence electrons. The number of hydrogen-bond donors (Lipinski definition) is 0. The number of piperazine rings is 1. The summed E-state index contributed by atoms with van der Waals surface area (Å²) in [5, 5.41) is 8.19. The highest BCUT2D eigenvalue weighted by molar-refractivity contribution is 5.84. The molecule has 6 nitrogen and oxygen atoms in total. The molecule has 0 saturated carbocycles. The van der Waals surface area contributed by atoms with Crippen LogP contribution >= 0.6 is 0 Å². The first-order valence-corrected chi connectivity index (χ1v) is 7.36. The fourth-order valence-electron chi connectivity index (χ4n) is 2.96. The summed E-state index contributed by atoms with van der Waals surface area (Å²) in [4.78, 5) is 9.00. The van der Waals surface area contributed by atoms with Crippen molar-refractivity contribution in [2.45, 2.75) is 6.92 Å². The third-order valence-corrected chi connectivity index (χ3v) is 4.22. The van der Waals surface area contributed by atoms with Gasteiger partial charge in [-0.15, -0.1) is 10.2 Å². The molecule has 0 amide bonds. The van der Waals surface area contributed by atoms with Gasteiger partial charge in [0.1, 0.15) is 11.8 Å². The van der Waals surface area contributed by atoms with Gasteiger partial charge in [-0.3, -0.25) is 4.40 Å². The normalized spacial score (nSPS) is 16.8. The van der Waals surface area contributed by atoms with Crippen molar-refractivity contribution in [2.24, 2.45) is 0 Å². The average Bonchev–Trinajstić information content (AvgIpc) is 2.97. The molecule has 1 fully saturated rings. The number of anilines is 1. The van der Waals surface area contributed by atoms with Gasteiger partial charge >= 0.3 is 0 Å². The molecule has 2 aromatic heterocycles. The topological polar surface area (TPSA) is 49.6 Å². The van der Waals surface area contributed by atoms with Crippen LogP contribution in [0.3, 0.4) is 0 Å². The second-order valence-corrected chi connectivity index (χ2v) is 5.86. The number of likely N-dealkylation sites (N-methyl/N-ethyl adjacent to an activating group) is 1. The van der Waals surface area contributed by atoms with Crippen LogP contribution in [0.5, 0.6) is 0 Å². The molecular weight excluding hydrogens is 283 g/mol. The summed E-state index contributed by atoms with van der Waals surface area (Å²) in [6, 6.07) is 3.43. The van der Waals surface area contributed by atoms with Crippen LogP contribution in [0.1, 0.15) is 5.56 Å². The molecule has 0 N–H and O–H groups in total. The molecule has 3 aromatic rings. The van der Waals surface area contributed by atoms with Crippen LogP contribution in [0.15, 0.2) is 18.5 Å². The molecule has 0 unspecified atom stereocenters. The standard InChI is InChI=1S/C15H17FN6/c1-10-7-11(16)13-12(8-10)22-9-17-19-15(22)14(18-13)21-5-3-20(2)4-6-21/h7-9H,3-6H2,1-2H3. The molecule has 0 bridgehead atoms. The lowest BCUT2D eigenvalue weighted by Crippen LogP contribution is -2.45. The smallest absolute Gasteiger partial charge is 0.204 e. The number of hydrogen-bond acceptors (Lipinski definition) is 5. The Bertz CT molecular complexity index is 850. The first kappa shape index (κ1) is 13.4. The fourth-order valence-corrected chi connectivity index (χ4v) is 2.96. The Kier molecular flexibility index (Phi) is 2.97. The van der Waals surface area contributed by atoms with Crippen LogP contribution in [-0.4, -0.2) is 57.7 Å². The van der Waals surface area contributed by atoms with Gasteiger partial charge < -0.3 is 9.80 Å². The summed E-state index contributed by atoms with van der Waals surface area (Å²) >= 11 is 0. The molecule has 7 heteroatoms. The number of nitrogens with zero attached hydrogens (tertiary/aromatic N) is 6. The zero-order valence-corrected chi connectivity index (χ0v) is 12.6. The molecule has 1 aromatic carbocycles. The van der Waals surface area contributed by atoms with E-state index in [1.54, 1.807) is 6.33 Å². The van der Waals surface area contributed by atoms with E-state index in [-0.39, 0.29) is 5.82 Å². The highest BCUT2D eigenvalue weighted by Gasteiger charge is 2.21. The van der Waals surface area contributed by atoms with Gasteiger partial charge in [-0.05, 0) is 31.7 Å². The summed E-state index contributed by atoms with van der Waals surface area (Å²) in [6.07, 6.45) is 1.62. The third-order valence-electron chi connectivity index (χ3n) is 4.22. The number of aryl methyl sites for hydroxylation is 1. The Morgan fingerprint density at radius 2 is 1.91 bits per heavy atom.